The molecule has 0 saturated carbocycles. The average molecular weight is 346 g/mol. The molecule has 1 aliphatic rings. The van der Waals surface area contributed by atoms with Crippen molar-refractivity contribution in [1.82, 2.24) is 14.8 Å². The van der Waals surface area contributed by atoms with Gasteiger partial charge in [-0.3, -0.25) is 9.78 Å². The van der Waals surface area contributed by atoms with Crippen LogP contribution in [-0.2, 0) is 17.6 Å². The fourth-order valence-corrected chi connectivity index (χ4v) is 3.65. The monoisotopic (exact) mass is 346 g/mol. The fourth-order valence-electron chi connectivity index (χ4n) is 3.65. The second-order valence-corrected chi connectivity index (χ2v) is 6.69. The zero-order valence-corrected chi connectivity index (χ0v) is 15.1. The Kier molecular flexibility index (Phi) is 4.29. The highest BCUT2D eigenvalue weighted by Gasteiger charge is 2.25. The molecule has 132 valence electrons. The van der Waals surface area contributed by atoms with E-state index in [1.54, 1.807) is 6.20 Å². The predicted octanol–water partition coefficient (Wildman–Crippen LogP) is 3.41. The molecule has 0 unspecified atom stereocenters. The van der Waals surface area contributed by atoms with Crippen molar-refractivity contribution in [2.75, 3.05) is 11.4 Å². The molecule has 0 saturated heterocycles. The van der Waals surface area contributed by atoms with Crippen LogP contribution in [0.3, 0.4) is 0 Å². The minimum Gasteiger partial charge on any atom is -0.310 e. The summed E-state index contributed by atoms with van der Waals surface area (Å²) in [6, 6.07) is 13.9. The normalized spacial score (nSPS) is 13.5. The van der Waals surface area contributed by atoms with Crippen molar-refractivity contribution in [2.24, 2.45) is 0 Å². The number of aromatic nitrogens is 3. The highest BCUT2D eigenvalue weighted by Crippen LogP contribution is 2.26. The van der Waals surface area contributed by atoms with Gasteiger partial charge < -0.3 is 4.90 Å². The molecule has 3 aromatic rings. The van der Waals surface area contributed by atoms with Crippen molar-refractivity contribution in [3.05, 3.63) is 71.3 Å². The Balaban J connectivity index is 1.63. The van der Waals surface area contributed by atoms with Crippen LogP contribution in [0.15, 0.2) is 48.7 Å². The lowest BCUT2D eigenvalue weighted by Crippen LogP contribution is -2.37. The van der Waals surface area contributed by atoms with Gasteiger partial charge in [-0.1, -0.05) is 18.2 Å². The number of nitrogens with zero attached hydrogens (tertiary/aromatic N) is 4. The van der Waals surface area contributed by atoms with Crippen LogP contribution in [0.1, 0.15) is 29.1 Å². The van der Waals surface area contributed by atoms with E-state index in [2.05, 4.69) is 10.1 Å². The second kappa shape index (κ2) is 6.75. The molecule has 0 N–H and O–H groups in total. The van der Waals surface area contributed by atoms with Crippen molar-refractivity contribution >= 4 is 11.6 Å². The molecule has 26 heavy (non-hydrogen) atoms. The van der Waals surface area contributed by atoms with Crippen molar-refractivity contribution < 1.29 is 4.79 Å². The zero-order valence-electron chi connectivity index (χ0n) is 15.1. The van der Waals surface area contributed by atoms with Gasteiger partial charge in [0.1, 0.15) is 0 Å². The van der Waals surface area contributed by atoms with Crippen molar-refractivity contribution in [3.8, 4) is 5.69 Å². The summed E-state index contributed by atoms with van der Waals surface area (Å²) in [6.45, 7) is 4.75. The number of hydrogen-bond donors (Lipinski definition) is 0. The molecule has 1 aromatic carbocycles. The first-order chi connectivity index (χ1) is 12.6. The number of para-hydroxylation sites is 1. The Hall–Kier alpha value is -2.95. The smallest absolute Gasteiger partial charge is 0.231 e. The third kappa shape index (κ3) is 2.90. The van der Waals surface area contributed by atoms with E-state index in [9.17, 15) is 4.79 Å². The van der Waals surface area contributed by atoms with Gasteiger partial charge in [-0.05, 0) is 51.0 Å². The van der Waals surface area contributed by atoms with Gasteiger partial charge >= 0.3 is 0 Å². The lowest BCUT2D eigenvalue weighted by atomic mass is 10.0. The fraction of sp³-hybridized carbons (Fsp3) is 0.286. The molecule has 0 aliphatic carbocycles. The number of carbonyl (C=O) groups is 1. The van der Waals surface area contributed by atoms with Crippen LogP contribution in [0.2, 0.25) is 0 Å². The zero-order chi connectivity index (χ0) is 18.1. The number of pyridine rings is 1. The maximum Gasteiger partial charge on any atom is 0.231 e. The summed E-state index contributed by atoms with van der Waals surface area (Å²) in [5.74, 6) is 0.109. The summed E-state index contributed by atoms with van der Waals surface area (Å²) in [5.41, 5.74) is 5.91. The van der Waals surface area contributed by atoms with Gasteiger partial charge in [0.05, 0.1) is 29.2 Å². The summed E-state index contributed by atoms with van der Waals surface area (Å²) in [7, 11) is 0. The molecule has 0 spiro atoms. The largest absolute Gasteiger partial charge is 0.310 e. The van der Waals surface area contributed by atoms with E-state index >= 15 is 0 Å². The molecule has 0 bridgehead atoms. The van der Waals surface area contributed by atoms with Crippen molar-refractivity contribution in [2.45, 2.75) is 33.1 Å². The summed E-state index contributed by atoms with van der Waals surface area (Å²) in [5, 5.41) is 4.66. The number of hydrogen-bond acceptors (Lipinski definition) is 3. The van der Waals surface area contributed by atoms with Crippen LogP contribution in [-0.4, -0.2) is 27.2 Å². The van der Waals surface area contributed by atoms with Gasteiger partial charge in [-0.25, -0.2) is 4.68 Å². The molecular formula is C21H22N4O. The van der Waals surface area contributed by atoms with Gasteiger partial charge in [-0.15, -0.1) is 0 Å². The van der Waals surface area contributed by atoms with E-state index in [1.807, 2.05) is 65.9 Å². The SMILES string of the molecule is Cc1nn(-c2ccccc2)c(C)c1CC(=O)N1CCCc2ncccc21. The minimum atomic E-state index is 0.109. The van der Waals surface area contributed by atoms with E-state index in [4.69, 9.17) is 0 Å². The number of amides is 1. The summed E-state index contributed by atoms with van der Waals surface area (Å²) in [6.07, 6.45) is 4.05. The Morgan fingerprint density at radius 1 is 1.12 bits per heavy atom. The molecule has 1 amide bonds. The summed E-state index contributed by atoms with van der Waals surface area (Å²) < 4.78 is 1.92. The quantitative estimate of drug-likeness (QED) is 0.730. The summed E-state index contributed by atoms with van der Waals surface area (Å²) in [4.78, 5) is 19.3. The maximum absolute atomic E-state index is 13.0. The third-order valence-corrected chi connectivity index (χ3v) is 5.02. The average Bonchev–Trinajstić information content (AvgIpc) is 2.96. The molecule has 0 radical (unpaired) electrons. The standard InChI is InChI=1S/C21H22N4O/c1-15-18(16(2)25(23-15)17-8-4-3-5-9-17)14-21(26)24-13-7-10-19-20(24)11-6-12-22-19/h3-6,8-9,11-12H,7,10,13-14H2,1-2H3. The number of anilines is 1. The van der Waals surface area contributed by atoms with Gasteiger partial charge in [-0.2, -0.15) is 5.10 Å². The molecular weight excluding hydrogens is 324 g/mol. The van der Waals surface area contributed by atoms with E-state index in [1.165, 1.54) is 0 Å². The number of fused-ring (bicyclic) bond motifs is 1. The molecule has 1 aliphatic heterocycles. The lowest BCUT2D eigenvalue weighted by Gasteiger charge is -2.28. The first-order valence-corrected chi connectivity index (χ1v) is 9.00. The second-order valence-electron chi connectivity index (χ2n) is 6.69. The van der Waals surface area contributed by atoms with E-state index < -0.39 is 0 Å². The topological polar surface area (TPSA) is 51.0 Å². The van der Waals surface area contributed by atoms with Gasteiger partial charge in [0, 0.05) is 24.0 Å². The molecule has 2 aromatic heterocycles. The first kappa shape index (κ1) is 16.5. The molecule has 5 heteroatoms. The van der Waals surface area contributed by atoms with Crippen LogP contribution in [0.5, 0.6) is 0 Å². The van der Waals surface area contributed by atoms with E-state index in [-0.39, 0.29) is 5.91 Å². The predicted molar refractivity (Wildman–Crippen MR) is 102 cm³/mol. The number of carbonyl (C=O) groups excluding carboxylic acids is 1. The van der Waals surface area contributed by atoms with Crippen LogP contribution in [0.4, 0.5) is 5.69 Å². The number of rotatable bonds is 3. The molecule has 0 fully saturated rings. The highest BCUT2D eigenvalue weighted by molar-refractivity contribution is 5.95. The maximum atomic E-state index is 13.0. The Morgan fingerprint density at radius 2 is 1.92 bits per heavy atom. The lowest BCUT2D eigenvalue weighted by molar-refractivity contribution is -0.118. The van der Waals surface area contributed by atoms with Gasteiger partial charge in [0.15, 0.2) is 0 Å². The van der Waals surface area contributed by atoms with Crippen LogP contribution < -0.4 is 4.90 Å². The molecule has 0 atom stereocenters. The van der Waals surface area contributed by atoms with Gasteiger partial charge in [0.25, 0.3) is 0 Å². The van der Waals surface area contributed by atoms with Crippen LogP contribution in [0, 0.1) is 13.8 Å². The molecule has 5 nitrogen and oxygen atoms in total. The van der Waals surface area contributed by atoms with E-state index in [0.29, 0.717) is 6.42 Å². The number of benzene rings is 1. The Morgan fingerprint density at radius 3 is 2.73 bits per heavy atom. The van der Waals surface area contributed by atoms with Crippen molar-refractivity contribution in [1.29, 1.82) is 0 Å². The molecule has 4 rings (SSSR count). The van der Waals surface area contributed by atoms with Crippen LogP contribution >= 0.6 is 0 Å². The van der Waals surface area contributed by atoms with Crippen LogP contribution in [0.25, 0.3) is 5.69 Å². The first-order valence-electron chi connectivity index (χ1n) is 9.00. The number of aryl methyl sites for hydroxylation is 2. The Labute approximate surface area is 153 Å². The minimum absolute atomic E-state index is 0.109. The van der Waals surface area contributed by atoms with E-state index in [0.717, 1.165) is 53.4 Å². The molecule has 3 heterocycles. The van der Waals surface area contributed by atoms with Crippen molar-refractivity contribution in [3.63, 3.8) is 0 Å². The summed E-state index contributed by atoms with van der Waals surface area (Å²) >= 11 is 0. The highest BCUT2D eigenvalue weighted by atomic mass is 16.2. The Bertz CT molecular complexity index is 946. The third-order valence-electron chi connectivity index (χ3n) is 5.02. The van der Waals surface area contributed by atoms with Gasteiger partial charge in [0.2, 0.25) is 5.91 Å².